The Labute approximate surface area is 147 Å². The van der Waals surface area contributed by atoms with Crippen molar-refractivity contribution >= 4 is 36.4 Å². The van der Waals surface area contributed by atoms with Crippen LogP contribution in [0.1, 0.15) is 25.7 Å². The van der Waals surface area contributed by atoms with E-state index in [1.54, 1.807) is 17.1 Å². The highest BCUT2D eigenvalue weighted by Crippen LogP contribution is 2.13. The van der Waals surface area contributed by atoms with Gasteiger partial charge in [0.15, 0.2) is 5.82 Å². The van der Waals surface area contributed by atoms with Crippen molar-refractivity contribution in [2.24, 2.45) is 0 Å². The molecule has 3 heterocycles. The maximum Gasteiger partial charge on any atom is 0.224 e. The molecule has 126 valence electrons. The van der Waals surface area contributed by atoms with E-state index in [1.807, 2.05) is 24.4 Å². The highest BCUT2D eigenvalue weighted by Gasteiger charge is 2.15. The van der Waals surface area contributed by atoms with Gasteiger partial charge < -0.3 is 10.6 Å². The number of pyridine rings is 1. The predicted octanol–water partition coefficient (Wildman–Crippen LogP) is 2.58. The summed E-state index contributed by atoms with van der Waals surface area (Å²) in [4.78, 5) is 16.2. The van der Waals surface area contributed by atoms with Crippen molar-refractivity contribution in [1.29, 1.82) is 0 Å². The number of rotatable bonds is 5. The van der Waals surface area contributed by atoms with Crippen LogP contribution >= 0.6 is 24.8 Å². The van der Waals surface area contributed by atoms with E-state index in [4.69, 9.17) is 0 Å². The number of hydrogen-bond donors (Lipinski definition) is 2. The molecule has 0 saturated carbocycles. The molecule has 0 bridgehead atoms. The van der Waals surface area contributed by atoms with E-state index in [2.05, 4.69) is 20.7 Å². The molecule has 1 aliphatic heterocycles. The third-order valence-corrected chi connectivity index (χ3v) is 3.65. The molecule has 23 heavy (non-hydrogen) atoms. The average molecular weight is 358 g/mol. The van der Waals surface area contributed by atoms with Crippen molar-refractivity contribution in [3.05, 3.63) is 36.8 Å². The van der Waals surface area contributed by atoms with Gasteiger partial charge in [-0.1, -0.05) is 0 Å². The summed E-state index contributed by atoms with van der Waals surface area (Å²) in [5.41, 5.74) is 0.718. The zero-order valence-electron chi connectivity index (χ0n) is 12.6. The maximum absolute atomic E-state index is 11.9. The van der Waals surface area contributed by atoms with Gasteiger partial charge in [0.1, 0.15) is 0 Å². The molecule has 2 N–H and O–H groups in total. The molecule has 6 nitrogen and oxygen atoms in total. The van der Waals surface area contributed by atoms with E-state index in [9.17, 15) is 4.79 Å². The van der Waals surface area contributed by atoms with Gasteiger partial charge in [0.2, 0.25) is 5.91 Å². The molecule has 2 aromatic rings. The monoisotopic (exact) mass is 357 g/mol. The van der Waals surface area contributed by atoms with E-state index in [1.165, 1.54) is 12.8 Å². The molecule has 3 rings (SSSR count). The Kier molecular flexibility index (Phi) is 8.02. The Hall–Kier alpha value is -1.63. The van der Waals surface area contributed by atoms with Gasteiger partial charge in [-0.15, -0.1) is 24.8 Å². The minimum atomic E-state index is 0. The minimum Gasteiger partial charge on any atom is -0.325 e. The fourth-order valence-electron chi connectivity index (χ4n) is 2.53. The number of carbonyl (C=O) groups is 1. The molecule has 0 spiro atoms. The van der Waals surface area contributed by atoms with Crippen LogP contribution in [0, 0.1) is 0 Å². The molecular weight excluding hydrogens is 337 g/mol. The quantitative estimate of drug-likeness (QED) is 0.862. The number of halogens is 2. The van der Waals surface area contributed by atoms with Gasteiger partial charge in [0.05, 0.1) is 11.9 Å². The van der Waals surface area contributed by atoms with E-state index in [0.29, 0.717) is 12.5 Å². The summed E-state index contributed by atoms with van der Waals surface area (Å²) < 4.78 is 1.68. The van der Waals surface area contributed by atoms with Crippen molar-refractivity contribution in [2.45, 2.75) is 31.7 Å². The Morgan fingerprint density at radius 1 is 1.39 bits per heavy atom. The SMILES string of the molecule is Cl.Cl.O=C(CCC1CCCN1)Nc1ccc(-n2cccn2)nc1. The zero-order chi connectivity index (χ0) is 14.5. The summed E-state index contributed by atoms with van der Waals surface area (Å²) >= 11 is 0. The van der Waals surface area contributed by atoms with Crippen LogP contribution in [0.2, 0.25) is 0 Å². The van der Waals surface area contributed by atoms with Gasteiger partial charge in [-0.3, -0.25) is 4.79 Å². The number of nitrogens with zero attached hydrogens (tertiary/aromatic N) is 3. The van der Waals surface area contributed by atoms with Crippen LogP contribution in [0.4, 0.5) is 5.69 Å². The standard InChI is InChI=1S/C15H19N5O.2ClH/c21-15(7-5-12-3-1-8-16-12)19-13-4-6-14(17-11-13)20-10-2-9-18-20;;/h2,4,6,9-12,16H,1,3,5,7-8H2,(H,19,21);2*1H. The first kappa shape index (κ1) is 19.4. The molecule has 8 heteroatoms. The first-order valence-electron chi connectivity index (χ1n) is 7.30. The molecule has 1 atom stereocenters. The summed E-state index contributed by atoms with van der Waals surface area (Å²) in [7, 11) is 0. The van der Waals surface area contributed by atoms with Crippen molar-refractivity contribution in [1.82, 2.24) is 20.1 Å². The molecule has 1 saturated heterocycles. The van der Waals surface area contributed by atoms with Crippen molar-refractivity contribution in [3.8, 4) is 5.82 Å². The van der Waals surface area contributed by atoms with Gasteiger partial charge in [-0.2, -0.15) is 5.10 Å². The lowest BCUT2D eigenvalue weighted by atomic mass is 10.1. The van der Waals surface area contributed by atoms with Gasteiger partial charge in [-0.05, 0) is 44.0 Å². The van der Waals surface area contributed by atoms with Crippen LogP contribution in [0.5, 0.6) is 0 Å². The second kappa shape index (κ2) is 9.50. The normalized spacial score (nSPS) is 16.3. The van der Waals surface area contributed by atoms with E-state index < -0.39 is 0 Å². The number of hydrogen-bond acceptors (Lipinski definition) is 4. The van der Waals surface area contributed by atoms with Crippen LogP contribution in [0.3, 0.4) is 0 Å². The third kappa shape index (κ3) is 5.49. The number of carbonyl (C=O) groups excluding carboxylic acids is 1. The lowest BCUT2D eigenvalue weighted by Gasteiger charge is -2.10. The molecule has 0 aromatic carbocycles. The van der Waals surface area contributed by atoms with Gasteiger partial charge >= 0.3 is 0 Å². The van der Waals surface area contributed by atoms with E-state index in [0.717, 1.165) is 24.5 Å². The van der Waals surface area contributed by atoms with E-state index in [-0.39, 0.29) is 30.7 Å². The van der Waals surface area contributed by atoms with Crippen molar-refractivity contribution < 1.29 is 4.79 Å². The van der Waals surface area contributed by atoms with Gasteiger partial charge in [-0.25, -0.2) is 9.67 Å². The lowest BCUT2D eigenvalue weighted by molar-refractivity contribution is -0.116. The smallest absolute Gasteiger partial charge is 0.224 e. The number of anilines is 1. The second-order valence-corrected chi connectivity index (χ2v) is 5.24. The van der Waals surface area contributed by atoms with Crippen LogP contribution in [-0.2, 0) is 4.79 Å². The highest BCUT2D eigenvalue weighted by molar-refractivity contribution is 5.90. The second-order valence-electron chi connectivity index (χ2n) is 5.24. The molecule has 1 fully saturated rings. The van der Waals surface area contributed by atoms with Crippen LogP contribution in [-0.4, -0.2) is 33.3 Å². The number of amides is 1. The molecular formula is C15H21Cl2N5O. The first-order valence-corrected chi connectivity index (χ1v) is 7.30. The Bertz CT molecular complexity index is 582. The molecule has 2 aromatic heterocycles. The third-order valence-electron chi connectivity index (χ3n) is 3.65. The zero-order valence-corrected chi connectivity index (χ0v) is 14.3. The Balaban J connectivity index is 0.00000132. The van der Waals surface area contributed by atoms with Crippen LogP contribution in [0.25, 0.3) is 5.82 Å². The van der Waals surface area contributed by atoms with E-state index >= 15 is 0 Å². The number of aromatic nitrogens is 3. The highest BCUT2D eigenvalue weighted by atomic mass is 35.5. The largest absolute Gasteiger partial charge is 0.325 e. The minimum absolute atomic E-state index is 0. The molecule has 0 radical (unpaired) electrons. The lowest BCUT2D eigenvalue weighted by Crippen LogP contribution is -2.23. The first-order chi connectivity index (χ1) is 10.3. The average Bonchev–Trinajstić information content (AvgIpc) is 3.19. The van der Waals surface area contributed by atoms with Crippen LogP contribution < -0.4 is 10.6 Å². The topological polar surface area (TPSA) is 71.8 Å². The fourth-order valence-corrected chi connectivity index (χ4v) is 2.53. The molecule has 0 aliphatic carbocycles. The molecule has 1 amide bonds. The summed E-state index contributed by atoms with van der Waals surface area (Å²) in [6.45, 7) is 1.07. The van der Waals surface area contributed by atoms with Crippen molar-refractivity contribution in [2.75, 3.05) is 11.9 Å². The fraction of sp³-hybridized carbons (Fsp3) is 0.400. The Morgan fingerprint density at radius 2 is 2.26 bits per heavy atom. The number of nitrogens with one attached hydrogen (secondary N) is 2. The predicted molar refractivity (Wildman–Crippen MR) is 94.7 cm³/mol. The molecule has 1 aliphatic rings. The summed E-state index contributed by atoms with van der Waals surface area (Å²) in [5, 5.41) is 10.4. The van der Waals surface area contributed by atoms with Crippen LogP contribution in [0.15, 0.2) is 36.8 Å². The Morgan fingerprint density at radius 3 is 2.87 bits per heavy atom. The molecule has 1 unspecified atom stereocenters. The maximum atomic E-state index is 11.9. The van der Waals surface area contributed by atoms with Crippen molar-refractivity contribution in [3.63, 3.8) is 0 Å². The summed E-state index contributed by atoms with van der Waals surface area (Å²) in [5.74, 6) is 0.769. The van der Waals surface area contributed by atoms with Gasteiger partial charge in [0.25, 0.3) is 0 Å². The summed E-state index contributed by atoms with van der Waals surface area (Å²) in [6, 6.07) is 6.02. The van der Waals surface area contributed by atoms with Gasteiger partial charge in [0, 0.05) is 24.9 Å². The summed E-state index contributed by atoms with van der Waals surface area (Å²) in [6.07, 6.45) is 9.01.